The number of rotatable bonds is 4. The number of carbonyl (C=O) groups is 1. The highest BCUT2D eigenvalue weighted by Crippen LogP contribution is 2.46. The molecule has 0 saturated heterocycles. The minimum atomic E-state index is -0.953. The summed E-state index contributed by atoms with van der Waals surface area (Å²) in [6.07, 6.45) is 1.72. The van der Waals surface area contributed by atoms with Gasteiger partial charge in [0.15, 0.2) is 0 Å². The number of benzene rings is 1. The smallest absolute Gasteiger partial charge is 0.303 e. The molecule has 92 valence electrons. The molecule has 0 aliphatic heterocycles. The highest BCUT2D eigenvalue weighted by atomic mass is 35.5. The predicted molar refractivity (Wildman–Crippen MR) is 60.8 cm³/mol. The topological polar surface area (TPSA) is 57.5 Å². The fourth-order valence-electron chi connectivity index (χ4n) is 2.05. The Kier molecular flexibility index (Phi) is 3.24. The van der Waals surface area contributed by atoms with Crippen molar-refractivity contribution >= 4 is 17.6 Å². The van der Waals surface area contributed by atoms with E-state index in [9.17, 15) is 14.3 Å². The lowest BCUT2D eigenvalue weighted by atomic mass is 9.90. The maximum Gasteiger partial charge on any atom is 0.303 e. The lowest BCUT2D eigenvalue weighted by molar-refractivity contribution is -0.137. The normalized spacial score (nSPS) is 16.8. The molecule has 1 saturated carbocycles. The summed E-state index contributed by atoms with van der Waals surface area (Å²) in [4.78, 5) is 10.8. The van der Waals surface area contributed by atoms with Crippen LogP contribution in [-0.4, -0.2) is 16.2 Å². The van der Waals surface area contributed by atoms with E-state index in [0.29, 0.717) is 0 Å². The Morgan fingerprint density at radius 1 is 1.53 bits per heavy atom. The zero-order chi connectivity index (χ0) is 12.6. The standard InChI is InChI=1S/C12H12ClFO3/c13-9-3-8(10(14)5-11(9)15)7(4-12(16)17)6-1-2-6/h3,5-7,15H,1-2,4H2,(H,16,17). The second-order valence-electron chi connectivity index (χ2n) is 4.37. The predicted octanol–water partition coefficient (Wildman–Crippen LogP) is 3.15. The van der Waals surface area contributed by atoms with Crippen LogP contribution in [0.15, 0.2) is 12.1 Å². The molecule has 0 bridgehead atoms. The zero-order valence-corrected chi connectivity index (χ0v) is 9.75. The van der Waals surface area contributed by atoms with Crippen molar-refractivity contribution in [2.75, 3.05) is 0 Å². The number of phenolic OH excluding ortho intramolecular Hbond substituents is 1. The zero-order valence-electron chi connectivity index (χ0n) is 8.99. The number of carboxylic acids is 1. The fourth-order valence-corrected chi connectivity index (χ4v) is 2.23. The van der Waals surface area contributed by atoms with Crippen LogP contribution in [0.4, 0.5) is 4.39 Å². The third-order valence-corrected chi connectivity index (χ3v) is 3.35. The first kappa shape index (κ1) is 12.2. The number of aromatic hydroxyl groups is 1. The summed E-state index contributed by atoms with van der Waals surface area (Å²) in [7, 11) is 0. The summed E-state index contributed by atoms with van der Waals surface area (Å²) in [5.74, 6) is -2.01. The van der Waals surface area contributed by atoms with Gasteiger partial charge in [0, 0.05) is 12.0 Å². The van der Waals surface area contributed by atoms with E-state index in [-0.39, 0.29) is 34.6 Å². The van der Waals surface area contributed by atoms with E-state index in [1.54, 1.807) is 0 Å². The second-order valence-corrected chi connectivity index (χ2v) is 4.77. The van der Waals surface area contributed by atoms with Crippen LogP contribution in [0.2, 0.25) is 5.02 Å². The van der Waals surface area contributed by atoms with Crippen LogP contribution in [0.5, 0.6) is 5.75 Å². The molecule has 1 aliphatic carbocycles. The van der Waals surface area contributed by atoms with Gasteiger partial charge < -0.3 is 10.2 Å². The molecule has 0 radical (unpaired) electrons. The minimum absolute atomic E-state index is 0.0532. The van der Waals surface area contributed by atoms with E-state index < -0.39 is 11.8 Å². The SMILES string of the molecule is O=C(O)CC(c1cc(Cl)c(O)cc1F)C1CC1. The molecule has 1 aromatic rings. The van der Waals surface area contributed by atoms with Crippen molar-refractivity contribution in [3.63, 3.8) is 0 Å². The Morgan fingerprint density at radius 3 is 2.71 bits per heavy atom. The van der Waals surface area contributed by atoms with Gasteiger partial charge in [-0.15, -0.1) is 0 Å². The van der Waals surface area contributed by atoms with Crippen LogP contribution in [0.25, 0.3) is 0 Å². The summed E-state index contributed by atoms with van der Waals surface area (Å²) in [6, 6.07) is 2.27. The third-order valence-electron chi connectivity index (χ3n) is 3.05. The minimum Gasteiger partial charge on any atom is -0.506 e. The number of hydrogen-bond acceptors (Lipinski definition) is 2. The van der Waals surface area contributed by atoms with Crippen LogP contribution in [0.1, 0.15) is 30.7 Å². The highest BCUT2D eigenvalue weighted by Gasteiger charge is 2.35. The molecule has 0 spiro atoms. The van der Waals surface area contributed by atoms with Gasteiger partial charge in [0.25, 0.3) is 0 Å². The molecule has 1 unspecified atom stereocenters. The molecule has 17 heavy (non-hydrogen) atoms. The van der Waals surface area contributed by atoms with E-state index in [0.717, 1.165) is 18.9 Å². The molecule has 1 aromatic carbocycles. The largest absolute Gasteiger partial charge is 0.506 e. The number of aliphatic carboxylic acids is 1. The van der Waals surface area contributed by atoms with Gasteiger partial charge in [-0.05, 0) is 30.4 Å². The van der Waals surface area contributed by atoms with Crippen molar-refractivity contribution in [3.05, 3.63) is 28.5 Å². The van der Waals surface area contributed by atoms with Crippen LogP contribution in [-0.2, 0) is 4.79 Å². The molecule has 0 amide bonds. The van der Waals surface area contributed by atoms with Crippen molar-refractivity contribution in [2.45, 2.75) is 25.2 Å². The summed E-state index contributed by atoms with van der Waals surface area (Å²) in [5.41, 5.74) is 0.290. The maximum absolute atomic E-state index is 13.7. The lowest BCUT2D eigenvalue weighted by Crippen LogP contribution is -2.10. The molecule has 0 aromatic heterocycles. The van der Waals surface area contributed by atoms with E-state index in [4.69, 9.17) is 16.7 Å². The molecule has 5 heteroatoms. The second kappa shape index (κ2) is 4.53. The van der Waals surface area contributed by atoms with Crippen LogP contribution < -0.4 is 0 Å². The molecule has 1 aliphatic rings. The van der Waals surface area contributed by atoms with Crippen LogP contribution in [0, 0.1) is 11.7 Å². The Balaban J connectivity index is 2.35. The van der Waals surface area contributed by atoms with Crippen molar-refractivity contribution in [3.8, 4) is 5.75 Å². The fraction of sp³-hybridized carbons (Fsp3) is 0.417. The maximum atomic E-state index is 13.7. The van der Waals surface area contributed by atoms with Crippen molar-refractivity contribution in [1.82, 2.24) is 0 Å². The summed E-state index contributed by atoms with van der Waals surface area (Å²) < 4.78 is 13.7. The van der Waals surface area contributed by atoms with E-state index in [1.165, 1.54) is 6.07 Å². The molecular weight excluding hydrogens is 247 g/mol. The first-order chi connectivity index (χ1) is 7.99. The molecule has 2 N–H and O–H groups in total. The highest BCUT2D eigenvalue weighted by molar-refractivity contribution is 6.32. The number of hydrogen-bond donors (Lipinski definition) is 2. The van der Waals surface area contributed by atoms with Gasteiger partial charge in [-0.3, -0.25) is 4.79 Å². The van der Waals surface area contributed by atoms with E-state index in [1.807, 2.05) is 0 Å². The van der Waals surface area contributed by atoms with Crippen molar-refractivity contribution < 1.29 is 19.4 Å². The van der Waals surface area contributed by atoms with Gasteiger partial charge in [-0.1, -0.05) is 11.6 Å². The summed E-state index contributed by atoms with van der Waals surface area (Å²) >= 11 is 5.73. The Hall–Kier alpha value is -1.29. The molecule has 1 fully saturated rings. The first-order valence-electron chi connectivity index (χ1n) is 5.38. The molecule has 1 atom stereocenters. The summed E-state index contributed by atoms with van der Waals surface area (Å²) in [5, 5.41) is 18.1. The van der Waals surface area contributed by atoms with Crippen LogP contribution >= 0.6 is 11.6 Å². The van der Waals surface area contributed by atoms with E-state index in [2.05, 4.69) is 0 Å². The molecule has 0 heterocycles. The molecule has 2 rings (SSSR count). The molecule has 3 nitrogen and oxygen atoms in total. The van der Waals surface area contributed by atoms with Crippen molar-refractivity contribution in [1.29, 1.82) is 0 Å². The molecular formula is C12H12ClFO3. The van der Waals surface area contributed by atoms with E-state index >= 15 is 0 Å². The quantitative estimate of drug-likeness (QED) is 0.872. The van der Waals surface area contributed by atoms with Crippen molar-refractivity contribution in [2.24, 2.45) is 5.92 Å². The Labute approximate surface area is 103 Å². The van der Waals surface area contributed by atoms with Gasteiger partial charge in [-0.25, -0.2) is 4.39 Å². The van der Waals surface area contributed by atoms with Gasteiger partial charge in [-0.2, -0.15) is 0 Å². The Morgan fingerprint density at radius 2 is 2.18 bits per heavy atom. The van der Waals surface area contributed by atoms with Gasteiger partial charge in [0.1, 0.15) is 11.6 Å². The number of phenols is 1. The number of carboxylic acid groups (broad SMARTS) is 1. The Bertz CT molecular complexity index is 457. The summed E-state index contributed by atoms with van der Waals surface area (Å²) in [6.45, 7) is 0. The van der Waals surface area contributed by atoms with Gasteiger partial charge >= 0.3 is 5.97 Å². The number of halogens is 2. The van der Waals surface area contributed by atoms with Gasteiger partial charge in [0.05, 0.1) is 11.4 Å². The lowest BCUT2D eigenvalue weighted by Gasteiger charge is -2.16. The monoisotopic (exact) mass is 258 g/mol. The van der Waals surface area contributed by atoms with Crippen LogP contribution in [0.3, 0.4) is 0 Å². The average Bonchev–Trinajstić information content (AvgIpc) is 3.04. The van der Waals surface area contributed by atoms with Gasteiger partial charge in [0.2, 0.25) is 0 Å². The first-order valence-corrected chi connectivity index (χ1v) is 5.76. The average molecular weight is 259 g/mol. The third kappa shape index (κ3) is 2.69.